The molecule has 1 fully saturated rings. The van der Waals surface area contributed by atoms with Crippen molar-refractivity contribution < 1.29 is 22.7 Å². The van der Waals surface area contributed by atoms with E-state index in [1.54, 1.807) is 43.3 Å². The second kappa shape index (κ2) is 11.2. The van der Waals surface area contributed by atoms with Gasteiger partial charge in [0, 0.05) is 12.6 Å². The van der Waals surface area contributed by atoms with Crippen LogP contribution in [0.4, 0.5) is 0 Å². The molecule has 2 aliphatic rings. The molecule has 194 valence electrons. The van der Waals surface area contributed by atoms with Crippen molar-refractivity contribution in [2.45, 2.75) is 75.5 Å². The highest BCUT2D eigenvalue weighted by Gasteiger charge is 2.43. The Hall–Kier alpha value is -2.64. The molecule has 2 unspecified atom stereocenters. The average Bonchev–Trinajstić information content (AvgIpc) is 2.90. The summed E-state index contributed by atoms with van der Waals surface area (Å²) in [7, 11) is -3.86. The molecule has 2 aromatic rings. The molecule has 0 saturated heterocycles. The van der Waals surface area contributed by atoms with E-state index in [-0.39, 0.29) is 41.3 Å². The third-order valence-electron chi connectivity index (χ3n) is 7.59. The standard InChI is InChI=1S/C29H37NO5S/c1-4-34-28(31)22-19-20-30(36(32,33)24-15-9-6-10-16-24)27(21-22)35-26-18-12-11-17-25(26)29(2,3)23-13-7-5-8-14-23/h5-10,13-16,19-20,22,25-27H,4,11-12,17-18,21H2,1-3H3/t22?,25-,26-,27?/m1/s1. The molecule has 2 aromatic carbocycles. The van der Waals surface area contributed by atoms with E-state index < -0.39 is 22.2 Å². The molecule has 0 spiro atoms. The summed E-state index contributed by atoms with van der Waals surface area (Å²) in [4.78, 5) is 12.8. The Bertz CT molecular complexity index is 1150. The lowest BCUT2D eigenvalue weighted by Crippen LogP contribution is -2.48. The summed E-state index contributed by atoms with van der Waals surface area (Å²) in [6.07, 6.45) is 6.38. The Morgan fingerprint density at radius 2 is 1.64 bits per heavy atom. The van der Waals surface area contributed by atoms with Crippen molar-refractivity contribution in [1.82, 2.24) is 4.31 Å². The second-order valence-corrected chi connectivity index (χ2v) is 12.0. The third kappa shape index (κ3) is 5.52. The number of sulfonamides is 1. The van der Waals surface area contributed by atoms with Crippen LogP contribution in [-0.2, 0) is 29.7 Å². The summed E-state index contributed by atoms with van der Waals surface area (Å²) in [5.41, 5.74) is 1.09. The van der Waals surface area contributed by atoms with Gasteiger partial charge in [-0.3, -0.25) is 4.79 Å². The first-order chi connectivity index (χ1) is 17.2. The summed E-state index contributed by atoms with van der Waals surface area (Å²) in [5.74, 6) is -0.702. The number of benzene rings is 2. The number of ether oxygens (including phenoxy) is 2. The molecular formula is C29H37NO5S. The van der Waals surface area contributed by atoms with E-state index in [1.165, 1.54) is 16.1 Å². The van der Waals surface area contributed by atoms with Crippen molar-refractivity contribution in [1.29, 1.82) is 0 Å². The molecule has 36 heavy (non-hydrogen) atoms. The summed E-state index contributed by atoms with van der Waals surface area (Å²) in [6, 6.07) is 18.8. The van der Waals surface area contributed by atoms with E-state index in [0.717, 1.165) is 25.7 Å². The molecule has 1 aliphatic heterocycles. The van der Waals surface area contributed by atoms with Crippen LogP contribution in [0, 0.1) is 11.8 Å². The zero-order chi connectivity index (χ0) is 25.8. The van der Waals surface area contributed by atoms with Crippen LogP contribution in [0.15, 0.2) is 77.8 Å². The van der Waals surface area contributed by atoms with Gasteiger partial charge in [0.1, 0.15) is 6.23 Å². The number of carbonyl (C=O) groups excluding carboxylic acids is 1. The van der Waals surface area contributed by atoms with Gasteiger partial charge in [-0.15, -0.1) is 0 Å². The van der Waals surface area contributed by atoms with Crippen LogP contribution in [0.3, 0.4) is 0 Å². The number of hydrogen-bond donors (Lipinski definition) is 0. The Kier molecular flexibility index (Phi) is 8.20. The third-order valence-corrected chi connectivity index (χ3v) is 9.37. The molecular weight excluding hydrogens is 474 g/mol. The van der Waals surface area contributed by atoms with E-state index in [0.29, 0.717) is 0 Å². The zero-order valence-electron chi connectivity index (χ0n) is 21.4. The van der Waals surface area contributed by atoms with Crippen LogP contribution in [-0.4, -0.2) is 37.6 Å². The van der Waals surface area contributed by atoms with Crippen LogP contribution in [0.1, 0.15) is 58.4 Å². The molecule has 4 atom stereocenters. The van der Waals surface area contributed by atoms with Gasteiger partial charge in [-0.2, -0.15) is 0 Å². The fourth-order valence-corrected chi connectivity index (χ4v) is 6.96. The first-order valence-electron chi connectivity index (χ1n) is 12.9. The van der Waals surface area contributed by atoms with E-state index in [1.807, 2.05) is 6.07 Å². The fraction of sp³-hybridized carbons (Fsp3) is 0.483. The molecule has 1 aliphatic carbocycles. The summed E-state index contributed by atoms with van der Waals surface area (Å²) in [6.45, 7) is 6.53. The summed E-state index contributed by atoms with van der Waals surface area (Å²) >= 11 is 0. The highest BCUT2D eigenvalue weighted by atomic mass is 32.2. The molecule has 0 amide bonds. The van der Waals surface area contributed by atoms with Gasteiger partial charge in [-0.05, 0) is 48.8 Å². The van der Waals surface area contributed by atoms with Crippen molar-refractivity contribution in [2.75, 3.05) is 6.61 Å². The van der Waals surface area contributed by atoms with E-state index in [4.69, 9.17) is 9.47 Å². The minimum Gasteiger partial charge on any atom is -0.466 e. The second-order valence-electron chi connectivity index (χ2n) is 10.2. The monoisotopic (exact) mass is 511 g/mol. The Morgan fingerprint density at radius 3 is 2.31 bits per heavy atom. The van der Waals surface area contributed by atoms with Crippen LogP contribution in [0.2, 0.25) is 0 Å². The summed E-state index contributed by atoms with van der Waals surface area (Å²) in [5, 5.41) is 0. The predicted octanol–water partition coefficient (Wildman–Crippen LogP) is 5.65. The minimum atomic E-state index is -3.86. The Labute approximate surface area is 215 Å². The maximum Gasteiger partial charge on any atom is 0.313 e. The SMILES string of the molecule is CCOC(=O)C1C=CN(S(=O)(=O)c2ccccc2)C(O[C@@H]2CCCC[C@H]2C(C)(C)c2ccccc2)C1. The van der Waals surface area contributed by atoms with E-state index in [2.05, 4.69) is 38.1 Å². The molecule has 1 saturated carbocycles. The average molecular weight is 512 g/mol. The number of nitrogens with zero attached hydrogens (tertiary/aromatic N) is 1. The first kappa shape index (κ1) is 26.4. The van der Waals surface area contributed by atoms with Gasteiger partial charge in [-0.25, -0.2) is 12.7 Å². The lowest BCUT2D eigenvalue weighted by atomic mass is 9.66. The largest absolute Gasteiger partial charge is 0.466 e. The highest BCUT2D eigenvalue weighted by Crippen LogP contribution is 2.43. The Morgan fingerprint density at radius 1 is 1.00 bits per heavy atom. The number of esters is 1. The van der Waals surface area contributed by atoms with Gasteiger partial charge in [0.15, 0.2) is 0 Å². The number of carbonyl (C=O) groups is 1. The van der Waals surface area contributed by atoms with Gasteiger partial charge in [-0.1, -0.05) is 81.3 Å². The van der Waals surface area contributed by atoms with Gasteiger partial charge in [0.25, 0.3) is 10.0 Å². The van der Waals surface area contributed by atoms with Crippen molar-refractivity contribution in [3.63, 3.8) is 0 Å². The van der Waals surface area contributed by atoms with Crippen molar-refractivity contribution in [3.05, 3.63) is 78.5 Å². The van der Waals surface area contributed by atoms with Crippen LogP contribution >= 0.6 is 0 Å². The minimum absolute atomic E-state index is 0.137. The van der Waals surface area contributed by atoms with Crippen LogP contribution < -0.4 is 0 Å². The molecule has 0 bridgehead atoms. The fourth-order valence-electron chi connectivity index (χ4n) is 5.54. The van der Waals surface area contributed by atoms with Crippen molar-refractivity contribution in [2.24, 2.45) is 11.8 Å². The zero-order valence-corrected chi connectivity index (χ0v) is 22.2. The van der Waals surface area contributed by atoms with Crippen molar-refractivity contribution in [3.8, 4) is 0 Å². The summed E-state index contributed by atoms with van der Waals surface area (Å²) < 4.78 is 40.5. The molecule has 1 heterocycles. The Balaban J connectivity index is 1.65. The van der Waals surface area contributed by atoms with E-state index >= 15 is 0 Å². The molecule has 0 aromatic heterocycles. The highest BCUT2D eigenvalue weighted by molar-refractivity contribution is 7.89. The predicted molar refractivity (Wildman–Crippen MR) is 139 cm³/mol. The molecule has 0 radical (unpaired) electrons. The van der Waals surface area contributed by atoms with Crippen LogP contribution in [0.25, 0.3) is 0 Å². The smallest absolute Gasteiger partial charge is 0.313 e. The lowest BCUT2D eigenvalue weighted by Gasteiger charge is -2.45. The maximum atomic E-state index is 13.6. The maximum absolute atomic E-state index is 13.6. The van der Waals surface area contributed by atoms with Gasteiger partial charge in [0.05, 0.1) is 23.5 Å². The lowest BCUT2D eigenvalue weighted by molar-refractivity contribution is -0.152. The topological polar surface area (TPSA) is 72.9 Å². The molecule has 7 heteroatoms. The van der Waals surface area contributed by atoms with Gasteiger partial charge in [0.2, 0.25) is 0 Å². The number of hydrogen-bond acceptors (Lipinski definition) is 5. The van der Waals surface area contributed by atoms with Crippen LogP contribution in [0.5, 0.6) is 0 Å². The molecule has 0 N–H and O–H groups in total. The van der Waals surface area contributed by atoms with Gasteiger partial charge >= 0.3 is 5.97 Å². The normalized spacial score (nSPS) is 24.9. The molecule has 6 nitrogen and oxygen atoms in total. The van der Waals surface area contributed by atoms with Crippen molar-refractivity contribution >= 4 is 16.0 Å². The van der Waals surface area contributed by atoms with E-state index in [9.17, 15) is 13.2 Å². The molecule has 4 rings (SSSR count). The first-order valence-corrected chi connectivity index (χ1v) is 14.3. The quantitative estimate of drug-likeness (QED) is 0.428. The van der Waals surface area contributed by atoms with Gasteiger partial charge < -0.3 is 9.47 Å². The number of rotatable bonds is 8.